The number of ether oxygens (including phenoxy) is 1. The van der Waals surface area contributed by atoms with Crippen molar-refractivity contribution in [2.75, 3.05) is 75.2 Å². The molecule has 1 aromatic heterocycles. The van der Waals surface area contributed by atoms with E-state index in [4.69, 9.17) is 21.3 Å². The summed E-state index contributed by atoms with van der Waals surface area (Å²) < 4.78 is 6.27. The van der Waals surface area contributed by atoms with Crippen LogP contribution in [0.15, 0.2) is 48.7 Å². The number of anilines is 5. The van der Waals surface area contributed by atoms with E-state index in [1.165, 1.54) is 50.0 Å². The number of hydrogen-bond donors (Lipinski definition) is 2. The van der Waals surface area contributed by atoms with Crippen molar-refractivity contribution in [1.29, 1.82) is 0 Å². The molecule has 2 fully saturated rings. The Morgan fingerprint density at radius 1 is 0.951 bits per heavy atom. The maximum Gasteiger partial charge on any atom is 0.229 e. The van der Waals surface area contributed by atoms with E-state index >= 15 is 0 Å². The van der Waals surface area contributed by atoms with Crippen LogP contribution in [0, 0.1) is 0 Å². The SMILES string of the molecule is CC(C)Oc1cc(N2CCC(N3CCN(C)CC3)CC2)ccc1Nc1ncc(Cl)c(Nc2ccccc2P(C)C)n1. The lowest BCUT2D eigenvalue weighted by Gasteiger charge is -2.42. The van der Waals surface area contributed by atoms with E-state index in [-0.39, 0.29) is 14.0 Å². The molecule has 41 heavy (non-hydrogen) atoms. The number of para-hydroxylation sites is 1. The minimum absolute atomic E-state index is 0.0339. The molecule has 2 saturated heterocycles. The first kappa shape index (κ1) is 29.8. The quantitative estimate of drug-likeness (QED) is 0.293. The summed E-state index contributed by atoms with van der Waals surface area (Å²) in [6.45, 7) is 15.4. The van der Waals surface area contributed by atoms with Gasteiger partial charge in [-0.3, -0.25) is 4.90 Å². The Kier molecular flexibility index (Phi) is 9.87. The van der Waals surface area contributed by atoms with Gasteiger partial charge in [0.1, 0.15) is 10.8 Å². The van der Waals surface area contributed by atoms with Crippen LogP contribution in [0.2, 0.25) is 5.02 Å². The van der Waals surface area contributed by atoms with Gasteiger partial charge >= 0.3 is 0 Å². The molecule has 3 heterocycles. The Hall–Kier alpha value is -2.64. The zero-order chi connectivity index (χ0) is 28.9. The highest BCUT2D eigenvalue weighted by atomic mass is 35.5. The molecule has 0 bridgehead atoms. The van der Waals surface area contributed by atoms with E-state index in [2.05, 4.69) is 87.1 Å². The molecule has 0 radical (unpaired) electrons. The van der Waals surface area contributed by atoms with Gasteiger partial charge in [0.25, 0.3) is 0 Å². The molecule has 8 nitrogen and oxygen atoms in total. The van der Waals surface area contributed by atoms with Crippen molar-refractivity contribution < 1.29 is 4.74 Å². The Balaban J connectivity index is 1.30. The number of hydrogen-bond acceptors (Lipinski definition) is 8. The van der Waals surface area contributed by atoms with E-state index in [1.54, 1.807) is 6.20 Å². The summed E-state index contributed by atoms with van der Waals surface area (Å²) in [6.07, 6.45) is 4.05. The Morgan fingerprint density at radius 2 is 1.68 bits per heavy atom. The highest BCUT2D eigenvalue weighted by Gasteiger charge is 2.27. The molecular formula is C31H43ClN7OP. The van der Waals surface area contributed by atoms with Gasteiger partial charge in [-0.05, 0) is 70.6 Å². The summed E-state index contributed by atoms with van der Waals surface area (Å²) in [5.41, 5.74) is 3.03. The van der Waals surface area contributed by atoms with Gasteiger partial charge in [0.05, 0.1) is 18.0 Å². The van der Waals surface area contributed by atoms with Gasteiger partial charge in [-0.1, -0.05) is 37.7 Å². The van der Waals surface area contributed by atoms with E-state index in [0.717, 1.165) is 30.2 Å². The Bertz CT molecular complexity index is 1310. The first-order valence-electron chi connectivity index (χ1n) is 14.6. The fraction of sp³-hybridized carbons (Fsp3) is 0.484. The number of nitrogens with zero attached hydrogens (tertiary/aromatic N) is 5. The van der Waals surface area contributed by atoms with Gasteiger partial charge < -0.3 is 25.2 Å². The van der Waals surface area contributed by atoms with Crippen LogP contribution in [0.1, 0.15) is 26.7 Å². The normalized spacial score (nSPS) is 17.3. The number of piperidine rings is 1. The predicted octanol–water partition coefficient (Wildman–Crippen LogP) is 5.99. The maximum absolute atomic E-state index is 6.51. The minimum Gasteiger partial charge on any atom is -0.489 e. The zero-order valence-corrected chi connectivity index (χ0v) is 26.6. The Morgan fingerprint density at radius 3 is 2.39 bits per heavy atom. The largest absolute Gasteiger partial charge is 0.489 e. The first-order chi connectivity index (χ1) is 19.8. The lowest BCUT2D eigenvalue weighted by atomic mass is 10.0. The van der Waals surface area contributed by atoms with Gasteiger partial charge in [0.2, 0.25) is 5.95 Å². The molecule has 220 valence electrons. The lowest BCUT2D eigenvalue weighted by Crippen LogP contribution is -2.52. The zero-order valence-electron chi connectivity index (χ0n) is 24.9. The van der Waals surface area contributed by atoms with Crippen LogP contribution in [0.3, 0.4) is 0 Å². The molecule has 10 heteroatoms. The molecule has 0 spiro atoms. The number of piperazine rings is 1. The molecule has 0 amide bonds. The number of nitrogens with one attached hydrogen (secondary N) is 2. The van der Waals surface area contributed by atoms with Gasteiger partial charge in [-0.2, -0.15) is 4.98 Å². The van der Waals surface area contributed by atoms with Gasteiger partial charge in [-0.25, -0.2) is 4.98 Å². The van der Waals surface area contributed by atoms with Crippen LogP contribution < -0.4 is 25.6 Å². The monoisotopic (exact) mass is 595 g/mol. The van der Waals surface area contributed by atoms with E-state index in [1.807, 2.05) is 19.9 Å². The number of halogens is 1. The second-order valence-corrected chi connectivity index (χ2v) is 14.1. The average molecular weight is 596 g/mol. The van der Waals surface area contributed by atoms with Crippen LogP contribution in [-0.2, 0) is 0 Å². The third-order valence-electron chi connectivity index (χ3n) is 7.84. The summed E-state index contributed by atoms with van der Waals surface area (Å²) in [6, 6.07) is 15.4. The van der Waals surface area contributed by atoms with Crippen LogP contribution in [-0.4, -0.2) is 91.6 Å². The summed E-state index contributed by atoms with van der Waals surface area (Å²) in [4.78, 5) is 16.8. The third-order valence-corrected chi connectivity index (χ3v) is 9.47. The van der Waals surface area contributed by atoms with E-state index in [0.29, 0.717) is 22.8 Å². The predicted molar refractivity (Wildman–Crippen MR) is 175 cm³/mol. The third kappa shape index (κ3) is 7.61. The van der Waals surface area contributed by atoms with E-state index in [9.17, 15) is 0 Å². The number of aromatic nitrogens is 2. The molecule has 2 aromatic carbocycles. The maximum atomic E-state index is 6.51. The Labute approximate surface area is 251 Å². The van der Waals surface area contributed by atoms with Crippen molar-refractivity contribution in [3.05, 3.63) is 53.7 Å². The minimum atomic E-state index is -0.289. The highest BCUT2D eigenvalue weighted by molar-refractivity contribution is 7.64. The second kappa shape index (κ2) is 13.6. The van der Waals surface area contributed by atoms with E-state index < -0.39 is 0 Å². The molecule has 0 aliphatic carbocycles. The van der Waals surface area contributed by atoms with Crippen LogP contribution >= 0.6 is 19.5 Å². The number of benzene rings is 2. The molecule has 5 rings (SSSR count). The van der Waals surface area contributed by atoms with Crippen molar-refractivity contribution in [2.24, 2.45) is 0 Å². The molecule has 2 aliphatic heterocycles. The van der Waals surface area contributed by atoms with Crippen molar-refractivity contribution in [1.82, 2.24) is 19.8 Å². The van der Waals surface area contributed by atoms with Gasteiger partial charge in [-0.15, -0.1) is 0 Å². The fourth-order valence-electron chi connectivity index (χ4n) is 5.57. The molecule has 3 aromatic rings. The standard InChI is InChI=1S/C31H43ClN7OP/c1-22(2)40-28-20-24(38-14-12-23(13-15-38)39-18-16-37(3)17-19-39)10-11-26(28)35-31-33-21-25(32)30(36-31)34-27-8-6-7-9-29(27)41(4)5/h6-11,20-23H,12-19H2,1-5H3,(H2,33,34,35,36). The van der Waals surface area contributed by atoms with Gasteiger partial charge in [0.15, 0.2) is 5.82 Å². The molecule has 0 saturated carbocycles. The van der Waals surface area contributed by atoms with Crippen molar-refractivity contribution in [3.63, 3.8) is 0 Å². The smallest absolute Gasteiger partial charge is 0.229 e. The lowest BCUT2D eigenvalue weighted by molar-refractivity contribution is 0.0982. The van der Waals surface area contributed by atoms with Crippen molar-refractivity contribution in [3.8, 4) is 5.75 Å². The number of rotatable bonds is 9. The molecular weight excluding hydrogens is 553 g/mol. The van der Waals surface area contributed by atoms with Crippen molar-refractivity contribution in [2.45, 2.75) is 38.8 Å². The number of likely N-dealkylation sites (N-methyl/N-ethyl adjacent to an activating group) is 1. The molecule has 0 atom stereocenters. The van der Waals surface area contributed by atoms with Crippen LogP contribution in [0.5, 0.6) is 5.75 Å². The van der Waals surface area contributed by atoms with Gasteiger partial charge in [0, 0.05) is 62.8 Å². The fourth-order valence-corrected chi connectivity index (χ4v) is 6.71. The molecule has 0 unspecified atom stereocenters. The first-order valence-corrected chi connectivity index (χ1v) is 17.2. The second-order valence-electron chi connectivity index (χ2n) is 11.5. The highest BCUT2D eigenvalue weighted by Crippen LogP contribution is 2.35. The topological polar surface area (TPSA) is 68.8 Å². The summed E-state index contributed by atoms with van der Waals surface area (Å²) in [5.74, 6) is 1.82. The average Bonchev–Trinajstić information content (AvgIpc) is 2.96. The summed E-state index contributed by atoms with van der Waals surface area (Å²) in [7, 11) is 1.93. The van der Waals surface area contributed by atoms with Crippen LogP contribution in [0.4, 0.5) is 28.8 Å². The van der Waals surface area contributed by atoms with Crippen LogP contribution in [0.25, 0.3) is 0 Å². The molecule has 2 aliphatic rings. The summed E-state index contributed by atoms with van der Waals surface area (Å²) >= 11 is 6.51. The molecule has 2 N–H and O–H groups in total. The van der Waals surface area contributed by atoms with Crippen molar-refractivity contribution >= 4 is 53.7 Å². The summed E-state index contributed by atoms with van der Waals surface area (Å²) in [5, 5.41) is 8.54.